The number of rotatable bonds is 7. The molecule has 29 heavy (non-hydrogen) atoms. The summed E-state index contributed by atoms with van der Waals surface area (Å²) in [4.78, 5) is 12.7. The number of anilines is 1. The van der Waals surface area contributed by atoms with E-state index in [1.54, 1.807) is 37.4 Å². The van der Waals surface area contributed by atoms with Gasteiger partial charge in [0.05, 0.1) is 23.6 Å². The maximum atomic E-state index is 14.3. The lowest BCUT2D eigenvalue weighted by Gasteiger charge is -2.15. The van der Waals surface area contributed by atoms with Crippen molar-refractivity contribution in [3.8, 4) is 17.1 Å². The quantitative estimate of drug-likeness (QED) is 0.577. The zero-order valence-corrected chi connectivity index (χ0v) is 16.9. The van der Waals surface area contributed by atoms with Crippen molar-refractivity contribution in [1.82, 2.24) is 14.8 Å². The number of ether oxygens (including phenoxy) is 1. The van der Waals surface area contributed by atoms with Crippen LogP contribution in [0.3, 0.4) is 0 Å². The van der Waals surface area contributed by atoms with Gasteiger partial charge in [0, 0.05) is 6.04 Å². The monoisotopic (exact) mass is 412 g/mol. The molecule has 1 heterocycles. The molecule has 1 fully saturated rings. The summed E-state index contributed by atoms with van der Waals surface area (Å²) in [6.45, 7) is 1.81. The molecule has 0 bridgehead atoms. The lowest BCUT2D eigenvalue weighted by atomic mass is 10.2. The van der Waals surface area contributed by atoms with Crippen molar-refractivity contribution < 1.29 is 13.9 Å². The molecule has 0 unspecified atom stereocenters. The van der Waals surface area contributed by atoms with E-state index < -0.39 is 5.25 Å². The Labute approximate surface area is 172 Å². The molecule has 1 amide bonds. The van der Waals surface area contributed by atoms with Crippen molar-refractivity contribution >= 4 is 23.4 Å². The van der Waals surface area contributed by atoms with E-state index in [0.29, 0.717) is 28.0 Å². The molecule has 150 valence electrons. The summed E-state index contributed by atoms with van der Waals surface area (Å²) in [5, 5.41) is 11.6. The van der Waals surface area contributed by atoms with Crippen LogP contribution in [-0.2, 0) is 4.79 Å². The van der Waals surface area contributed by atoms with Crippen molar-refractivity contribution in [2.75, 3.05) is 12.4 Å². The SMILES string of the molecule is COc1ccccc1NC(=O)[C@H](C)Sc1nnc(-c2ccccc2F)n1C1CC1. The summed E-state index contributed by atoms with van der Waals surface area (Å²) >= 11 is 1.31. The molecule has 0 aliphatic heterocycles. The Bertz CT molecular complexity index is 1040. The Balaban J connectivity index is 1.55. The van der Waals surface area contributed by atoms with Crippen LogP contribution in [0.5, 0.6) is 5.75 Å². The van der Waals surface area contributed by atoms with E-state index in [4.69, 9.17) is 4.74 Å². The molecule has 1 aliphatic carbocycles. The Hall–Kier alpha value is -2.87. The van der Waals surface area contributed by atoms with Gasteiger partial charge in [-0.05, 0) is 44.0 Å². The number of carbonyl (C=O) groups is 1. The van der Waals surface area contributed by atoms with E-state index >= 15 is 0 Å². The molecular weight excluding hydrogens is 391 g/mol. The zero-order chi connectivity index (χ0) is 20.4. The van der Waals surface area contributed by atoms with Gasteiger partial charge in [0.15, 0.2) is 11.0 Å². The van der Waals surface area contributed by atoms with E-state index in [-0.39, 0.29) is 17.8 Å². The average molecular weight is 412 g/mol. The summed E-state index contributed by atoms with van der Waals surface area (Å²) in [5.74, 6) is 0.601. The minimum absolute atomic E-state index is 0.169. The largest absolute Gasteiger partial charge is 0.495 e. The van der Waals surface area contributed by atoms with Gasteiger partial charge < -0.3 is 10.1 Å². The minimum Gasteiger partial charge on any atom is -0.495 e. The van der Waals surface area contributed by atoms with Gasteiger partial charge in [0.25, 0.3) is 0 Å². The Morgan fingerprint density at radius 2 is 1.93 bits per heavy atom. The highest BCUT2D eigenvalue weighted by molar-refractivity contribution is 8.00. The number of thioether (sulfide) groups is 1. The second kappa shape index (κ2) is 8.24. The molecule has 1 atom stereocenters. The molecule has 2 aromatic carbocycles. The molecule has 3 aromatic rings. The van der Waals surface area contributed by atoms with Gasteiger partial charge in [-0.25, -0.2) is 4.39 Å². The van der Waals surface area contributed by atoms with E-state index in [2.05, 4.69) is 15.5 Å². The average Bonchev–Trinajstić information content (AvgIpc) is 3.49. The number of para-hydroxylation sites is 2. The molecule has 1 aliphatic rings. The van der Waals surface area contributed by atoms with Crippen LogP contribution in [0.1, 0.15) is 25.8 Å². The fraction of sp³-hybridized carbons (Fsp3) is 0.286. The van der Waals surface area contributed by atoms with Gasteiger partial charge in [0.2, 0.25) is 5.91 Å². The zero-order valence-electron chi connectivity index (χ0n) is 16.1. The highest BCUT2D eigenvalue weighted by Gasteiger charge is 2.32. The van der Waals surface area contributed by atoms with Crippen molar-refractivity contribution in [2.24, 2.45) is 0 Å². The lowest BCUT2D eigenvalue weighted by Crippen LogP contribution is -2.23. The molecule has 1 aromatic heterocycles. The third kappa shape index (κ3) is 4.12. The first kappa shape index (κ1) is 19.4. The van der Waals surface area contributed by atoms with Crippen molar-refractivity contribution in [1.29, 1.82) is 0 Å². The molecule has 4 rings (SSSR count). The van der Waals surface area contributed by atoms with Gasteiger partial charge in [0.1, 0.15) is 11.6 Å². The molecule has 6 nitrogen and oxygen atoms in total. The predicted octanol–water partition coefficient (Wildman–Crippen LogP) is 4.55. The van der Waals surface area contributed by atoms with Crippen LogP contribution in [0, 0.1) is 5.82 Å². The predicted molar refractivity (Wildman–Crippen MR) is 111 cm³/mol. The fourth-order valence-corrected chi connectivity index (χ4v) is 3.96. The summed E-state index contributed by atoms with van der Waals surface area (Å²) in [6.07, 6.45) is 1.99. The lowest BCUT2D eigenvalue weighted by molar-refractivity contribution is -0.115. The maximum absolute atomic E-state index is 14.3. The second-order valence-corrected chi connectivity index (χ2v) is 8.14. The highest BCUT2D eigenvalue weighted by atomic mass is 32.2. The van der Waals surface area contributed by atoms with E-state index in [1.165, 1.54) is 17.8 Å². The molecule has 0 spiro atoms. The molecule has 0 saturated heterocycles. The number of hydrogen-bond acceptors (Lipinski definition) is 5. The highest BCUT2D eigenvalue weighted by Crippen LogP contribution is 2.42. The minimum atomic E-state index is -0.421. The third-order valence-electron chi connectivity index (χ3n) is 4.71. The second-order valence-electron chi connectivity index (χ2n) is 6.84. The number of nitrogens with one attached hydrogen (secondary N) is 1. The Morgan fingerprint density at radius 3 is 2.66 bits per heavy atom. The summed E-state index contributed by atoms with van der Waals surface area (Å²) in [5.41, 5.74) is 1.04. The number of aromatic nitrogens is 3. The van der Waals surface area contributed by atoms with Gasteiger partial charge in [-0.2, -0.15) is 0 Å². The number of amides is 1. The Morgan fingerprint density at radius 1 is 1.21 bits per heavy atom. The van der Waals surface area contributed by atoms with Gasteiger partial charge in [-0.1, -0.05) is 36.0 Å². The van der Waals surface area contributed by atoms with Crippen LogP contribution >= 0.6 is 11.8 Å². The first-order valence-electron chi connectivity index (χ1n) is 9.39. The van der Waals surface area contributed by atoms with Gasteiger partial charge in [-0.3, -0.25) is 9.36 Å². The topological polar surface area (TPSA) is 69.0 Å². The number of halogens is 1. The van der Waals surface area contributed by atoms with Crippen molar-refractivity contribution in [2.45, 2.75) is 36.2 Å². The normalized spacial score (nSPS) is 14.4. The number of hydrogen-bond donors (Lipinski definition) is 1. The van der Waals surface area contributed by atoms with Crippen LogP contribution in [0.2, 0.25) is 0 Å². The van der Waals surface area contributed by atoms with Gasteiger partial charge >= 0.3 is 0 Å². The van der Waals surface area contributed by atoms with Crippen LogP contribution < -0.4 is 10.1 Å². The van der Waals surface area contributed by atoms with Gasteiger partial charge in [-0.15, -0.1) is 10.2 Å². The third-order valence-corrected chi connectivity index (χ3v) is 5.76. The van der Waals surface area contributed by atoms with Crippen LogP contribution in [0.4, 0.5) is 10.1 Å². The number of nitrogens with zero attached hydrogens (tertiary/aromatic N) is 3. The molecule has 8 heteroatoms. The van der Waals surface area contributed by atoms with Crippen molar-refractivity contribution in [3.05, 3.63) is 54.3 Å². The first-order valence-corrected chi connectivity index (χ1v) is 10.3. The Kier molecular flexibility index (Phi) is 5.53. The van der Waals surface area contributed by atoms with E-state index in [9.17, 15) is 9.18 Å². The molecule has 0 radical (unpaired) electrons. The smallest absolute Gasteiger partial charge is 0.237 e. The number of carbonyl (C=O) groups excluding carboxylic acids is 1. The molecule has 1 N–H and O–H groups in total. The summed E-state index contributed by atoms with van der Waals surface area (Å²) in [6, 6.07) is 14.0. The van der Waals surface area contributed by atoms with Crippen LogP contribution in [0.25, 0.3) is 11.4 Å². The maximum Gasteiger partial charge on any atom is 0.237 e. The van der Waals surface area contributed by atoms with Crippen LogP contribution in [0.15, 0.2) is 53.7 Å². The first-order chi connectivity index (χ1) is 14.1. The number of benzene rings is 2. The van der Waals surface area contributed by atoms with Crippen molar-refractivity contribution in [3.63, 3.8) is 0 Å². The van der Waals surface area contributed by atoms with E-state index in [0.717, 1.165) is 12.8 Å². The molecule has 1 saturated carbocycles. The summed E-state index contributed by atoms with van der Waals surface area (Å²) in [7, 11) is 1.56. The standard InChI is InChI=1S/C21H21FN4O2S/c1-13(20(27)23-17-9-5-6-10-18(17)28-2)29-21-25-24-19(26(21)14-11-12-14)15-7-3-4-8-16(15)22/h3-10,13-14H,11-12H2,1-2H3,(H,23,27)/t13-/m0/s1. The fourth-order valence-electron chi connectivity index (χ4n) is 3.04. The van der Waals surface area contributed by atoms with E-state index in [1.807, 2.05) is 23.6 Å². The summed E-state index contributed by atoms with van der Waals surface area (Å²) < 4.78 is 21.5. The van der Waals surface area contributed by atoms with Crippen LogP contribution in [-0.4, -0.2) is 33.0 Å². The molecular formula is C21H21FN4O2S. The number of methoxy groups -OCH3 is 1.